The van der Waals surface area contributed by atoms with Crippen molar-refractivity contribution >= 4 is 17.8 Å². The lowest BCUT2D eigenvalue weighted by molar-refractivity contribution is -0.154. The van der Waals surface area contributed by atoms with Crippen molar-refractivity contribution in [2.45, 2.75) is 37.2 Å². The van der Waals surface area contributed by atoms with Crippen molar-refractivity contribution in [3.63, 3.8) is 0 Å². The highest BCUT2D eigenvalue weighted by atomic mass is 19.3. The third-order valence-electron chi connectivity index (χ3n) is 7.81. The number of nitrogens with zero attached hydrogens (tertiary/aromatic N) is 3. The largest absolute Gasteiger partial charge is 0.459 e. The third kappa shape index (κ3) is 5.50. The molecule has 1 fully saturated rings. The molecule has 0 radical (unpaired) electrons. The number of carbonyl (C=O) groups excluding carboxylic acids is 3. The second-order valence-corrected chi connectivity index (χ2v) is 10.8. The molecular formula is C32H27F3N4O4. The fourth-order valence-electron chi connectivity index (χ4n) is 5.73. The number of halogens is 3. The molecule has 220 valence electrons. The highest BCUT2D eigenvalue weighted by Gasteiger charge is 2.50. The second kappa shape index (κ2) is 11.0. The minimum absolute atomic E-state index is 0.0454. The molecule has 1 N–H and O–H groups in total. The van der Waals surface area contributed by atoms with E-state index in [1.54, 1.807) is 42.6 Å². The molecule has 0 unspecified atom stereocenters. The molecule has 0 spiro atoms. The van der Waals surface area contributed by atoms with E-state index in [4.69, 9.17) is 4.74 Å². The summed E-state index contributed by atoms with van der Waals surface area (Å²) < 4.78 is 52.8. The van der Waals surface area contributed by atoms with E-state index in [1.807, 2.05) is 6.07 Å². The van der Waals surface area contributed by atoms with Gasteiger partial charge in [-0.2, -0.15) is 8.78 Å². The summed E-state index contributed by atoms with van der Waals surface area (Å²) >= 11 is 0. The maximum absolute atomic E-state index is 16.0. The summed E-state index contributed by atoms with van der Waals surface area (Å²) in [5.41, 5.74) is -0.899. The third-order valence-corrected chi connectivity index (χ3v) is 7.81. The van der Waals surface area contributed by atoms with Crippen LogP contribution in [0, 0.1) is 0 Å². The number of rotatable bonds is 8. The Hall–Kier alpha value is -4.93. The number of hydrogen-bond donors (Lipinski definition) is 1. The van der Waals surface area contributed by atoms with Gasteiger partial charge in [-0.05, 0) is 28.8 Å². The average Bonchev–Trinajstić information content (AvgIpc) is 3.71. The normalized spacial score (nSPS) is 19.9. The molecule has 8 nitrogen and oxygen atoms in total. The van der Waals surface area contributed by atoms with Crippen molar-refractivity contribution in [1.82, 2.24) is 19.8 Å². The Morgan fingerprint density at radius 3 is 2.47 bits per heavy atom. The first-order valence-electron chi connectivity index (χ1n) is 13.7. The summed E-state index contributed by atoms with van der Waals surface area (Å²) in [7, 11) is 0. The van der Waals surface area contributed by atoms with Gasteiger partial charge in [0.2, 0.25) is 5.91 Å². The zero-order chi connectivity index (χ0) is 30.2. The number of carbonyl (C=O) groups is 3. The molecule has 0 bridgehead atoms. The van der Waals surface area contributed by atoms with Gasteiger partial charge in [-0.25, -0.2) is 14.2 Å². The molecule has 6 rings (SSSR count). The summed E-state index contributed by atoms with van der Waals surface area (Å²) in [6.07, 6.45) is 4.23. The van der Waals surface area contributed by atoms with Crippen molar-refractivity contribution in [2.24, 2.45) is 0 Å². The first-order chi connectivity index (χ1) is 20.6. The van der Waals surface area contributed by atoms with Gasteiger partial charge in [0.15, 0.2) is 0 Å². The van der Waals surface area contributed by atoms with Crippen LogP contribution in [-0.4, -0.2) is 57.0 Å². The molecule has 2 aliphatic rings. The van der Waals surface area contributed by atoms with Gasteiger partial charge in [0.1, 0.15) is 18.3 Å². The van der Waals surface area contributed by atoms with Crippen molar-refractivity contribution in [3.05, 3.63) is 114 Å². The Morgan fingerprint density at radius 1 is 0.953 bits per heavy atom. The van der Waals surface area contributed by atoms with Gasteiger partial charge < -0.3 is 19.5 Å². The number of amides is 2. The molecule has 2 heterocycles. The van der Waals surface area contributed by atoms with Gasteiger partial charge in [0.05, 0.1) is 26.0 Å². The Morgan fingerprint density at radius 2 is 1.70 bits per heavy atom. The minimum atomic E-state index is -3.19. The summed E-state index contributed by atoms with van der Waals surface area (Å²) in [4.78, 5) is 44.4. The molecule has 4 aromatic rings. The molecule has 2 amide bonds. The van der Waals surface area contributed by atoms with Crippen LogP contribution in [0.2, 0.25) is 0 Å². The fourth-order valence-corrected chi connectivity index (χ4v) is 5.73. The summed E-state index contributed by atoms with van der Waals surface area (Å²) in [6.45, 7) is -1.11. The van der Waals surface area contributed by atoms with E-state index in [9.17, 15) is 23.2 Å². The predicted molar refractivity (Wildman–Crippen MR) is 150 cm³/mol. The number of nitrogens with one attached hydrogen (secondary N) is 1. The van der Waals surface area contributed by atoms with Crippen LogP contribution < -0.4 is 5.32 Å². The van der Waals surface area contributed by atoms with Crippen LogP contribution in [0.5, 0.6) is 0 Å². The molecule has 1 saturated heterocycles. The van der Waals surface area contributed by atoms with Gasteiger partial charge in [-0.15, -0.1) is 0 Å². The smallest absolute Gasteiger partial charge is 0.329 e. The van der Waals surface area contributed by atoms with Crippen molar-refractivity contribution < 1.29 is 32.3 Å². The van der Waals surface area contributed by atoms with Crippen molar-refractivity contribution in [3.8, 4) is 11.1 Å². The van der Waals surface area contributed by atoms with Crippen LogP contribution in [0.1, 0.15) is 33.5 Å². The Bertz CT molecular complexity index is 1680. The Balaban J connectivity index is 1.16. The molecule has 3 aromatic carbocycles. The van der Waals surface area contributed by atoms with Crippen molar-refractivity contribution in [2.75, 3.05) is 13.1 Å². The van der Waals surface area contributed by atoms with Gasteiger partial charge in [0.25, 0.3) is 11.8 Å². The van der Waals surface area contributed by atoms with Crippen molar-refractivity contribution in [1.29, 1.82) is 0 Å². The first-order valence-corrected chi connectivity index (χ1v) is 13.7. The molecule has 11 heteroatoms. The van der Waals surface area contributed by atoms with Crippen LogP contribution in [-0.2, 0) is 33.4 Å². The zero-order valence-corrected chi connectivity index (χ0v) is 22.9. The van der Waals surface area contributed by atoms with Crippen LogP contribution in [0.25, 0.3) is 11.1 Å². The summed E-state index contributed by atoms with van der Waals surface area (Å²) in [5.74, 6) is -5.30. The monoisotopic (exact) mass is 588 g/mol. The molecular weight excluding hydrogens is 561 g/mol. The van der Waals surface area contributed by atoms with E-state index in [-0.39, 0.29) is 41.8 Å². The number of likely N-dealkylation sites (tertiary alicyclic amines) is 1. The van der Waals surface area contributed by atoms with E-state index in [0.29, 0.717) is 5.56 Å². The van der Waals surface area contributed by atoms with Crippen LogP contribution in [0.4, 0.5) is 13.2 Å². The maximum Gasteiger partial charge on any atom is 0.329 e. The summed E-state index contributed by atoms with van der Waals surface area (Å²) in [6, 6.07) is 17.7. The number of fused-ring (bicyclic) bond motifs is 3. The van der Waals surface area contributed by atoms with Crippen LogP contribution in [0.15, 0.2) is 91.5 Å². The highest BCUT2D eigenvalue weighted by molar-refractivity contribution is 5.99. The van der Waals surface area contributed by atoms with Gasteiger partial charge in [-0.1, -0.05) is 60.7 Å². The van der Waals surface area contributed by atoms with Crippen LogP contribution >= 0.6 is 0 Å². The van der Waals surface area contributed by atoms with Crippen LogP contribution in [0.3, 0.4) is 0 Å². The zero-order valence-electron chi connectivity index (χ0n) is 22.9. The topological polar surface area (TPSA) is 93.5 Å². The molecule has 1 aliphatic heterocycles. The number of ether oxygens (including phenoxy) is 1. The minimum Gasteiger partial charge on any atom is -0.459 e. The van der Waals surface area contributed by atoms with E-state index >= 15 is 4.39 Å². The standard InChI is InChI=1S/C32H27F3N4O4/c33-31(18-38-13-12-36-20-38)15-27(30(42)43-17-21-6-2-1-3-7-21)39(19-31)28(40)16-37-29(41)22-10-11-26-24(14-22)23-8-4-5-9-25(23)32(26,34)35/h1-14,20,27H,15-19H2,(H,37,41)/t27-,31-/m0/s1. The average molecular weight is 589 g/mol. The maximum atomic E-state index is 16.0. The lowest BCUT2D eigenvalue weighted by Gasteiger charge is -2.24. The van der Waals surface area contributed by atoms with Gasteiger partial charge >= 0.3 is 5.97 Å². The molecule has 1 aliphatic carbocycles. The number of benzene rings is 3. The van der Waals surface area contributed by atoms with E-state index in [0.717, 1.165) is 10.5 Å². The second-order valence-electron chi connectivity index (χ2n) is 10.8. The van der Waals surface area contributed by atoms with Gasteiger partial charge in [-0.3, -0.25) is 9.59 Å². The number of esters is 1. The Kier molecular flexibility index (Phi) is 7.25. The summed E-state index contributed by atoms with van der Waals surface area (Å²) in [5, 5.41) is 2.49. The van der Waals surface area contributed by atoms with E-state index in [1.165, 1.54) is 47.4 Å². The lowest BCUT2D eigenvalue weighted by Crippen LogP contribution is -2.46. The quantitative estimate of drug-likeness (QED) is 0.307. The predicted octanol–water partition coefficient (Wildman–Crippen LogP) is 4.49. The van der Waals surface area contributed by atoms with E-state index < -0.39 is 48.5 Å². The Labute approximate surface area is 245 Å². The number of imidazole rings is 1. The number of alkyl halides is 3. The molecule has 0 saturated carbocycles. The fraction of sp³-hybridized carbons (Fsp3) is 0.250. The highest BCUT2D eigenvalue weighted by Crippen LogP contribution is 2.50. The number of hydrogen-bond acceptors (Lipinski definition) is 5. The molecule has 2 atom stereocenters. The first kappa shape index (κ1) is 28.2. The molecule has 43 heavy (non-hydrogen) atoms. The number of aromatic nitrogens is 2. The van der Waals surface area contributed by atoms with Gasteiger partial charge in [0, 0.05) is 35.5 Å². The lowest BCUT2D eigenvalue weighted by atomic mass is 10.0. The van der Waals surface area contributed by atoms with E-state index in [2.05, 4.69) is 10.3 Å². The molecule has 1 aromatic heterocycles. The SMILES string of the molecule is O=C(NCC(=O)N1C[C@@](F)(Cn2ccnc2)C[C@H]1C(=O)OCc1ccccc1)c1ccc2c(c1)-c1ccccc1C2(F)F.